The third-order valence-corrected chi connectivity index (χ3v) is 2.99. The summed E-state index contributed by atoms with van der Waals surface area (Å²) >= 11 is 7.55. The Morgan fingerprint density at radius 3 is 2.80 bits per heavy atom. The van der Waals surface area contributed by atoms with Gasteiger partial charge in [-0.2, -0.15) is 0 Å². The molecule has 0 saturated carbocycles. The van der Waals surface area contributed by atoms with Gasteiger partial charge in [0.15, 0.2) is 11.6 Å². The van der Waals surface area contributed by atoms with E-state index in [2.05, 4.69) is 5.16 Å². The van der Waals surface area contributed by atoms with Crippen LogP contribution in [0.5, 0.6) is 0 Å². The number of hydrogen-bond acceptors (Lipinski definition) is 4. The maximum Gasteiger partial charge on any atom is 0.170 e. The average molecular weight is 241 g/mol. The Bertz CT molecular complexity index is 484. The molecule has 5 heteroatoms. The molecular weight excluding hydrogens is 232 g/mol. The zero-order chi connectivity index (χ0) is 10.8. The first-order valence-corrected chi connectivity index (χ1v) is 5.87. The number of nitrogens with two attached hydrogens (primary N) is 1. The van der Waals surface area contributed by atoms with Gasteiger partial charge in [0.1, 0.15) is 0 Å². The lowest BCUT2D eigenvalue weighted by atomic mass is 10.2. The Hall–Kier alpha value is -1.13. The van der Waals surface area contributed by atoms with Crippen molar-refractivity contribution in [3.8, 4) is 11.3 Å². The first kappa shape index (κ1) is 10.4. The summed E-state index contributed by atoms with van der Waals surface area (Å²) in [7, 11) is 0. The van der Waals surface area contributed by atoms with E-state index in [-0.39, 0.29) is 0 Å². The summed E-state index contributed by atoms with van der Waals surface area (Å²) in [4.78, 5) is 1.08. The first-order valence-electron chi connectivity index (χ1n) is 4.27. The van der Waals surface area contributed by atoms with E-state index >= 15 is 0 Å². The maximum atomic E-state index is 5.93. The maximum absolute atomic E-state index is 5.93. The molecule has 2 aromatic rings. The molecule has 1 aromatic heterocycles. The minimum absolute atomic E-state index is 0.372. The van der Waals surface area contributed by atoms with E-state index in [9.17, 15) is 0 Å². The normalized spacial score (nSPS) is 10.5. The van der Waals surface area contributed by atoms with Crippen molar-refractivity contribution >= 4 is 29.2 Å². The van der Waals surface area contributed by atoms with E-state index < -0.39 is 0 Å². The van der Waals surface area contributed by atoms with Gasteiger partial charge in [0, 0.05) is 21.5 Å². The van der Waals surface area contributed by atoms with Crippen LogP contribution in [-0.2, 0) is 0 Å². The van der Waals surface area contributed by atoms with Crippen molar-refractivity contribution in [2.24, 2.45) is 0 Å². The summed E-state index contributed by atoms with van der Waals surface area (Å²) in [6.45, 7) is 0. The number of aromatic nitrogens is 1. The van der Waals surface area contributed by atoms with E-state index in [1.165, 1.54) is 0 Å². The van der Waals surface area contributed by atoms with Gasteiger partial charge >= 0.3 is 0 Å². The lowest BCUT2D eigenvalue weighted by molar-refractivity contribution is 0.435. The summed E-state index contributed by atoms with van der Waals surface area (Å²) in [5.41, 5.74) is 6.42. The summed E-state index contributed by atoms with van der Waals surface area (Å²) in [5, 5.41) is 4.31. The molecule has 2 rings (SSSR count). The highest BCUT2D eigenvalue weighted by atomic mass is 35.5. The molecule has 0 aliphatic carbocycles. The molecule has 78 valence electrons. The zero-order valence-electron chi connectivity index (χ0n) is 8.03. The topological polar surface area (TPSA) is 52.0 Å². The number of nitrogens with zero attached hydrogens (tertiary/aromatic N) is 1. The molecule has 0 unspecified atom stereocenters. The van der Waals surface area contributed by atoms with E-state index in [0.29, 0.717) is 16.6 Å². The van der Waals surface area contributed by atoms with Gasteiger partial charge < -0.3 is 10.3 Å². The standard InChI is InChI=1S/C10H9ClN2OS/c1-15-9-3-2-6(11)4-7(9)8-5-10(12)13-14-8/h2-5H,1H3,(H2,12,13). The van der Waals surface area contributed by atoms with Crippen LogP contribution in [0.1, 0.15) is 0 Å². The van der Waals surface area contributed by atoms with Crippen molar-refractivity contribution in [1.29, 1.82) is 0 Å². The quantitative estimate of drug-likeness (QED) is 0.819. The number of halogens is 1. The van der Waals surface area contributed by atoms with Crippen molar-refractivity contribution < 1.29 is 4.52 Å². The summed E-state index contributed by atoms with van der Waals surface area (Å²) in [5.74, 6) is 1.01. The van der Waals surface area contributed by atoms with Crippen LogP contribution in [0.25, 0.3) is 11.3 Å². The van der Waals surface area contributed by atoms with E-state index in [4.69, 9.17) is 21.9 Å². The van der Waals surface area contributed by atoms with Gasteiger partial charge in [-0.25, -0.2) is 0 Å². The molecule has 0 bridgehead atoms. The molecule has 15 heavy (non-hydrogen) atoms. The first-order chi connectivity index (χ1) is 7.20. The fourth-order valence-corrected chi connectivity index (χ4v) is 2.04. The molecule has 0 fully saturated rings. The Morgan fingerprint density at radius 1 is 1.40 bits per heavy atom. The number of hydrogen-bond donors (Lipinski definition) is 1. The Kier molecular flexibility index (Phi) is 2.88. The molecule has 0 aliphatic heterocycles. The zero-order valence-corrected chi connectivity index (χ0v) is 9.60. The summed E-state index contributed by atoms with van der Waals surface area (Å²) in [6.07, 6.45) is 1.99. The van der Waals surface area contributed by atoms with E-state index in [1.54, 1.807) is 17.8 Å². The predicted molar refractivity (Wildman–Crippen MR) is 63.1 cm³/mol. The van der Waals surface area contributed by atoms with Crippen molar-refractivity contribution in [2.75, 3.05) is 12.0 Å². The van der Waals surface area contributed by atoms with Crippen LogP contribution >= 0.6 is 23.4 Å². The van der Waals surface area contributed by atoms with Gasteiger partial charge in [-0.05, 0) is 24.5 Å². The second-order valence-electron chi connectivity index (χ2n) is 2.96. The molecule has 1 heterocycles. The Labute approximate surface area is 96.6 Å². The largest absolute Gasteiger partial charge is 0.381 e. The van der Waals surface area contributed by atoms with Crippen molar-refractivity contribution in [3.63, 3.8) is 0 Å². The minimum atomic E-state index is 0.372. The average Bonchev–Trinajstić information content (AvgIpc) is 2.65. The predicted octanol–water partition coefficient (Wildman–Crippen LogP) is 3.30. The molecule has 0 saturated heterocycles. The smallest absolute Gasteiger partial charge is 0.170 e. The van der Waals surface area contributed by atoms with Crippen molar-refractivity contribution in [2.45, 2.75) is 4.90 Å². The monoisotopic (exact) mass is 240 g/mol. The third-order valence-electron chi connectivity index (χ3n) is 1.96. The number of nitrogen functional groups attached to an aromatic ring is 1. The highest BCUT2D eigenvalue weighted by Gasteiger charge is 2.10. The van der Waals surface area contributed by atoms with Gasteiger partial charge in [0.2, 0.25) is 0 Å². The summed E-state index contributed by atoms with van der Waals surface area (Å²) < 4.78 is 5.10. The fourth-order valence-electron chi connectivity index (χ4n) is 1.29. The van der Waals surface area contributed by atoms with Crippen molar-refractivity contribution in [3.05, 3.63) is 29.3 Å². The van der Waals surface area contributed by atoms with Gasteiger partial charge in [0.05, 0.1) is 0 Å². The summed E-state index contributed by atoms with van der Waals surface area (Å²) in [6, 6.07) is 7.32. The van der Waals surface area contributed by atoms with Crippen LogP contribution in [0.2, 0.25) is 5.02 Å². The van der Waals surface area contributed by atoms with Crippen LogP contribution in [0.15, 0.2) is 33.7 Å². The molecule has 0 amide bonds. The van der Waals surface area contributed by atoms with E-state index in [1.807, 2.05) is 24.5 Å². The van der Waals surface area contributed by atoms with E-state index in [0.717, 1.165) is 10.5 Å². The Balaban J connectivity index is 2.55. The van der Waals surface area contributed by atoms with Gasteiger partial charge in [0.25, 0.3) is 0 Å². The molecule has 2 N–H and O–H groups in total. The van der Waals surface area contributed by atoms with Crippen molar-refractivity contribution in [1.82, 2.24) is 5.16 Å². The molecule has 0 aliphatic rings. The van der Waals surface area contributed by atoms with Crippen LogP contribution in [0.4, 0.5) is 5.82 Å². The second-order valence-corrected chi connectivity index (χ2v) is 4.25. The molecule has 1 aromatic carbocycles. The minimum Gasteiger partial charge on any atom is -0.381 e. The van der Waals surface area contributed by atoms with Gasteiger partial charge in [-0.15, -0.1) is 11.8 Å². The van der Waals surface area contributed by atoms with Crippen LogP contribution in [0.3, 0.4) is 0 Å². The number of benzene rings is 1. The molecule has 0 atom stereocenters. The number of thioether (sulfide) groups is 1. The highest BCUT2D eigenvalue weighted by Crippen LogP contribution is 2.33. The molecule has 3 nitrogen and oxygen atoms in total. The lowest BCUT2D eigenvalue weighted by Gasteiger charge is -2.03. The second kappa shape index (κ2) is 4.16. The molecular formula is C10H9ClN2OS. The SMILES string of the molecule is CSc1ccc(Cl)cc1-c1cc(N)no1. The van der Waals surface area contributed by atoms with Gasteiger partial charge in [-0.1, -0.05) is 16.8 Å². The third kappa shape index (κ3) is 2.11. The fraction of sp³-hybridized carbons (Fsp3) is 0.100. The highest BCUT2D eigenvalue weighted by molar-refractivity contribution is 7.98. The molecule has 0 spiro atoms. The van der Waals surface area contributed by atoms with Crippen LogP contribution < -0.4 is 5.73 Å². The Morgan fingerprint density at radius 2 is 2.20 bits per heavy atom. The number of rotatable bonds is 2. The van der Waals surface area contributed by atoms with Crippen LogP contribution in [0, 0.1) is 0 Å². The lowest BCUT2D eigenvalue weighted by Crippen LogP contribution is -1.81. The number of anilines is 1. The van der Waals surface area contributed by atoms with Gasteiger partial charge in [-0.3, -0.25) is 0 Å². The van der Waals surface area contributed by atoms with Crippen LogP contribution in [-0.4, -0.2) is 11.4 Å². The molecule has 0 radical (unpaired) electrons.